The highest BCUT2D eigenvalue weighted by Crippen LogP contribution is 2.17. The summed E-state index contributed by atoms with van der Waals surface area (Å²) in [5.74, 6) is 0.418. The summed E-state index contributed by atoms with van der Waals surface area (Å²) in [5, 5.41) is 0. The van der Waals surface area contributed by atoms with Crippen molar-refractivity contribution in [2.45, 2.75) is 40.5 Å². The zero-order valence-corrected chi connectivity index (χ0v) is 9.96. The molecule has 0 saturated heterocycles. The van der Waals surface area contributed by atoms with Crippen LogP contribution in [0.2, 0.25) is 0 Å². The summed E-state index contributed by atoms with van der Waals surface area (Å²) in [4.78, 5) is 8.26. The average molecular weight is 196 g/mol. The van der Waals surface area contributed by atoms with Crippen LogP contribution in [0.3, 0.4) is 0 Å². The van der Waals surface area contributed by atoms with E-state index in [-0.39, 0.29) is 0 Å². The summed E-state index contributed by atoms with van der Waals surface area (Å²) in [5.41, 5.74) is 2.17. The number of rotatable bonds is 2. The van der Waals surface area contributed by atoms with E-state index in [1.165, 1.54) is 0 Å². The lowest BCUT2D eigenvalue weighted by Gasteiger charge is -2.08. The maximum absolute atomic E-state index is 4.94. The molecule has 0 spiro atoms. The van der Waals surface area contributed by atoms with Gasteiger partial charge in [-0.3, -0.25) is 0 Å². The Balaban J connectivity index is 0.000000791. The second-order valence-electron chi connectivity index (χ2n) is 3.08. The summed E-state index contributed by atoms with van der Waals surface area (Å²) in [7, 11) is 1.58. The van der Waals surface area contributed by atoms with Gasteiger partial charge in [0.05, 0.1) is 12.8 Å². The maximum Gasteiger partial charge on any atom is 0.316 e. The number of ether oxygens (including phenoxy) is 1. The fourth-order valence-electron chi connectivity index (χ4n) is 1.12. The van der Waals surface area contributed by atoms with E-state index in [2.05, 4.69) is 23.8 Å². The van der Waals surface area contributed by atoms with Gasteiger partial charge in [-0.05, 0) is 18.4 Å². The lowest BCUT2D eigenvalue weighted by Crippen LogP contribution is -2.00. The first-order chi connectivity index (χ1) is 6.65. The standard InChI is InChI=1S/C9H14N2O.C2H6/c1-6(2)8-7(3)5-10-9(11-8)12-4;1-2/h5-6H,1-4H3;1-2H3. The van der Waals surface area contributed by atoms with E-state index < -0.39 is 0 Å². The number of methoxy groups -OCH3 is 1. The Morgan fingerprint density at radius 1 is 1.29 bits per heavy atom. The van der Waals surface area contributed by atoms with E-state index in [1.807, 2.05) is 20.8 Å². The molecule has 0 atom stereocenters. The lowest BCUT2D eigenvalue weighted by atomic mass is 10.1. The van der Waals surface area contributed by atoms with E-state index in [1.54, 1.807) is 13.3 Å². The van der Waals surface area contributed by atoms with Gasteiger partial charge in [0.25, 0.3) is 0 Å². The van der Waals surface area contributed by atoms with Gasteiger partial charge >= 0.3 is 6.01 Å². The second kappa shape index (κ2) is 6.35. The van der Waals surface area contributed by atoms with Crippen LogP contribution in [0.15, 0.2) is 6.20 Å². The number of hydrogen-bond donors (Lipinski definition) is 0. The van der Waals surface area contributed by atoms with Gasteiger partial charge < -0.3 is 4.74 Å². The summed E-state index contributed by atoms with van der Waals surface area (Å²) < 4.78 is 4.94. The Hall–Kier alpha value is -1.12. The highest BCUT2D eigenvalue weighted by Gasteiger charge is 2.06. The molecule has 0 N–H and O–H groups in total. The minimum absolute atomic E-state index is 0.418. The molecule has 0 bridgehead atoms. The van der Waals surface area contributed by atoms with Crippen molar-refractivity contribution >= 4 is 0 Å². The van der Waals surface area contributed by atoms with Gasteiger partial charge in [-0.1, -0.05) is 27.7 Å². The summed E-state index contributed by atoms with van der Waals surface area (Å²) in [6.45, 7) is 10.2. The largest absolute Gasteiger partial charge is 0.467 e. The Labute approximate surface area is 86.5 Å². The van der Waals surface area contributed by atoms with Crippen LogP contribution in [0.1, 0.15) is 44.9 Å². The van der Waals surface area contributed by atoms with E-state index in [0.717, 1.165) is 11.3 Å². The smallest absolute Gasteiger partial charge is 0.316 e. The molecule has 0 saturated carbocycles. The van der Waals surface area contributed by atoms with Gasteiger partial charge in [0.1, 0.15) is 0 Å². The van der Waals surface area contributed by atoms with Crippen LogP contribution in [-0.2, 0) is 0 Å². The predicted molar refractivity (Wildman–Crippen MR) is 58.8 cm³/mol. The van der Waals surface area contributed by atoms with Crippen LogP contribution in [0.4, 0.5) is 0 Å². The van der Waals surface area contributed by atoms with Gasteiger partial charge in [-0.15, -0.1) is 0 Å². The second-order valence-corrected chi connectivity index (χ2v) is 3.08. The SMILES string of the molecule is CC.COc1ncc(C)c(C(C)C)n1. The zero-order valence-electron chi connectivity index (χ0n) is 9.96. The van der Waals surface area contributed by atoms with Crippen LogP contribution in [0.25, 0.3) is 0 Å². The monoisotopic (exact) mass is 196 g/mol. The first kappa shape index (κ1) is 12.9. The predicted octanol–water partition coefficient (Wildman–Crippen LogP) is 2.94. The Kier molecular flexibility index (Phi) is 5.84. The van der Waals surface area contributed by atoms with Crippen LogP contribution in [0, 0.1) is 6.92 Å². The quantitative estimate of drug-likeness (QED) is 0.729. The molecule has 3 heteroatoms. The zero-order chi connectivity index (χ0) is 11.1. The first-order valence-electron chi connectivity index (χ1n) is 5.02. The molecule has 1 aromatic rings. The van der Waals surface area contributed by atoms with Gasteiger partial charge in [-0.25, -0.2) is 4.98 Å². The summed E-state index contributed by atoms with van der Waals surface area (Å²) in [6, 6.07) is 0.448. The van der Waals surface area contributed by atoms with Crippen LogP contribution in [0.5, 0.6) is 6.01 Å². The Bertz CT molecular complexity index is 272. The van der Waals surface area contributed by atoms with Crippen molar-refractivity contribution in [3.63, 3.8) is 0 Å². The van der Waals surface area contributed by atoms with E-state index in [0.29, 0.717) is 11.9 Å². The van der Waals surface area contributed by atoms with Gasteiger partial charge in [0.15, 0.2) is 0 Å². The highest BCUT2D eigenvalue weighted by molar-refractivity contribution is 5.20. The van der Waals surface area contributed by atoms with Crippen molar-refractivity contribution < 1.29 is 4.74 Å². The van der Waals surface area contributed by atoms with Crippen molar-refractivity contribution in [2.24, 2.45) is 0 Å². The number of aryl methyl sites for hydroxylation is 1. The first-order valence-corrected chi connectivity index (χ1v) is 5.02. The Morgan fingerprint density at radius 2 is 1.86 bits per heavy atom. The number of aromatic nitrogens is 2. The Morgan fingerprint density at radius 3 is 2.29 bits per heavy atom. The summed E-state index contributed by atoms with van der Waals surface area (Å²) >= 11 is 0. The van der Waals surface area contributed by atoms with E-state index in [9.17, 15) is 0 Å². The molecule has 0 aliphatic carbocycles. The topological polar surface area (TPSA) is 35.0 Å². The molecular formula is C11H20N2O. The molecule has 1 heterocycles. The van der Waals surface area contributed by atoms with Crippen LogP contribution >= 0.6 is 0 Å². The lowest BCUT2D eigenvalue weighted by molar-refractivity contribution is 0.376. The third-order valence-corrected chi connectivity index (χ3v) is 1.72. The van der Waals surface area contributed by atoms with Crippen molar-refractivity contribution in [1.82, 2.24) is 9.97 Å². The summed E-state index contributed by atoms with van der Waals surface area (Å²) in [6.07, 6.45) is 1.79. The van der Waals surface area contributed by atoms with Gasteiger partial charge in [-0.2, -0.15) is 4.98 Å². The molecule has 0 fully saturated rings. The van der Waals surface area contributed by atoms with Gasteiger partial charge in [0, 0.05) is 6.20 Å². The van der Waals surface area contributed by atoms with E-state index >= 15 is 0 Å². The third kappa shape index (κ3) is 3.32. The van der Waals surface area contributed by atoms with Crippen molar-refractivity contribution in [1.29, 1.82) is 0 Å². The molecule has 0 aliphatic heterocycles. The molecule has 0 unspecified atom stereocenters. The normalized spacial score (nSPS) is 9.36. The van der Waals surface area contributed by atoms with Crippen LogP contribution in [-0.4, -0.2) is 17.1 Å². The van der Waals surface area contributed by atoms with E-state index in [4.69, 9.17) is 4.74 Å². The van der Waals surface area contributed by atoms with Crippen LogP contribution < -0.4 is 4.74 Å². The number of hydrogen-bond acceptors (Lipinski definition) is 3. The molecule has 0 amide bonds. The molecule has 80 valence electrons. The molecule has 3 nitrogen and oxygen atoms in total. The molecule has 1 aromatic heterocycles. The van der Waals surface area contributed by atoms with Crippen molar-refractivity contribution in [3.05, 3.63) is 17.5 Å². The van der Waals surface area contributed by atoms with Crippen molar-refractivity contribution in [2.75, 3.05) is 7.11 Å². The highest BCUT2D eigenvalue weighted by atomic mass is 16.5. The molecule has 1 rings (SSSR count). The minimum Gasteiger partial charge on any atom is -0.467 e. The fourth-order valence-corrected chi connectivity index (χ4v) is 1.12. The molecular weight excluding hydrogens is 176 g/mol. The van der Waals surface area contributed by atoms with Gasteiger partial charge in [0.2, 0.25) is 0 Å². The average Bonchev–Trinajstić information content (AvgIpc) is 2.21. The fraction of sp³-hybridized carbons (Fsp3) is 0.636. The molecule has 14 heavy (non-hydrogen) atoms. The molecule has 0 aliphatic rings. The maximum atomic E-state index is 4.94. The molecule has 0 aromatic carbocycles. The molecule has 0 radical (unpaired) electrons. The minimum atomic E-state index is 0.418. The third-order valence-electron chi connectivity index (χ3n) is 1.72. The number of nitrogens with zero attached hydrogens (tertiary/aromatic N) is 2. The van der Waals surface area contributed by atoms with Crippen molar-refractivity contribution in [3.8, 4) is 6.01 Å².